The lowest BCUT2D eigenvalue weighted by atomic mass is 10.2. The summed E-state index contributed by atoms with van der Waals surface area (Å²) >= 11 is 1.71. The molecular formula is C16H24N4S. The molecule has 0 aromatic carbocycles. The maximum Gasteiger partial charge on any atom is 0.185 e. The fourth-order valence-electron chi connectivity index (χ4n) is 1.97. The maximum absolute atomic E-state index is 4.68. The third-order valence-corrected chi connectivity index (χ3v) is 4.16. The van der Waals surface area contributed by atoms with Crippen molar-refractivity contribution < 1.29 is 0 Å². The van der Waals surface area contributed by atoms with Crippen LogP contribution in [-0.2, 0) is 13.0 Å². The Kier molecular flexibility index (Phi) is 6.14. The molecule has 0 unspecified atom stereocenters. The van der Waals surface area contributed by atoms with Crippen LogP contribution in [0.5, 0.6) is 0 Å². The number of likely N-dealkylation sites (N-methyl/N-ethyl adjacent to an activating group) is 1. The van der Waals surface area contributed by atoms with E-state index in [1.54, 1.807) is 11.3 Å². The Morgan fingerprint density at radius 3 is 2.86 bits per heavy atom. The van der Waals surface area contributed by atoms with E-state index in [1.807, 2.05) is 18.3 Å². The molecule has 2 rings (SSSR count). The molecule has 0 atom stereocenters. The topological polar surface area (TPSA) is 41.0 Å². The molecule has 0 saturated heterocycles. The highest BCUT2D eigenvalue weighted by atomic mass is 32.1. The number of rotatable bonds is 8. The lowest BCUT2D eigenvalue weighted by Crippen LogP contribution is -2.21. The molecular weight excluding hydrogens is 280 g/mol. The first kappa shape index (κ1) is 15.9. The Morgan fingerprint density at radius 2 is 2.14 bits per heavy atom. The molecule has 0 spiro atoms. The predicted molar refractivity (Wildman–Crippen MR) is 89.9 cm³/mol. The van der Waals surface area contributed by atoms with E-state index in [2.05, 4.69) is 52.5 Å². The van der Waals surface area contributed by atoms with Crippen LogP contribution in [0.1, 0.15) is 25.2 Å². The number of hydrogen-bond acceptors (Lipinski definition) is 5. The second-order valence-electron chi connectivity index (χ2n) is 5.64. The van der Waals surface area contributed by atoms with E-state index in [9.17, 15) is 0 Å². The summed E-state index contributed by atoms with van der Waals surface area (Å²) in [5, 5.41) is 6.64. The van der Waals surface area contributed by atoms with Crippen molar-refractivity contribution in [2.45, 2.75) is 26.8 Å². The Balaban J connectivity index is 1.80. The van der Waals surface area contributed by atoms with Crippen molar-refractivity contribution in [3.63, 3.8) is 0 Å². The molecule has 0 bridgehead atoms. The minimum Gasteiger partial charge on any atom is -0.351 e. The summed E-state index contributed by atoms with van der Waals surface area (Å²) in [4.78, 5) is 11.2. The summed E-state index contributed by atoms with van der Waals surface area (Å²) in [6.07, 6.45) is 2.79. The van der Waals surface area contributed by atoms with Crippen LogP contribution in [0.25, 0.3) is 0 Å². The second-order valence-corrected chi connectivity index (χ2v) is 6.48. The quantitative estimate of drug-likeness (QED) is 0.814. The summed E-state index contributed by atoms with van der Waals surface area (Å²) in [5.74, 6) is 0.671. The van der Waals surface area contributed by atoms with Crippen molar-refractivity contribution >= 4 is 16.5 Å². The van der Waals surface area contributed by atoms with Crippen molar-refractivity contribution in [1.29, 1.82) is 0 Å². The minimum atomic E-state index is 0.671. The molecule has 0 aliphatic rings. The molecule has 2 aromatic rings. The van der Waals surface area contributed by atoms with Gasteiger partial charge in [-0.1, -0.05) is 19.9 Å². The van der Waals surface area contributed by atoms with Crippen LogP contribution < -0.4 is 10.2 Å². The zero-order chi connectivity index (χ0) is 15.1. The number of nitrogens with one attached hydrogen (secondary N) is 1. The van der Waals surface area contributed by atoms with Gasteiger partial charge in [0.05, 0.1) is 5.69 Å². The van der Waals surface area contributed by atoms with Crippen LogP contribution >= 0.6 is 11.3 Å². The molecule has 1 N–H and O–H groups in total. The van der Waals surface area contributed by atoms with Gasteiger partial charge in [0, 0.05) is 43.8 Å². The van der Waals surface area contributed by atoms with Crippen molar-refractivity contribution in [1.82, 2.24) is 15.3 Å². The highest BCUT2D eigenvalue weighted by molar-refractivity contribution is 7.13. The molecule has 0 saturated carbocycles. The van der Waals surface area contributed by atoms with Crippen molar-refractivity contribution in [3.05, 3.63) is 41.2 Å². The number of pyridine rings is 1. The lowest BCUT2D eigenvalue weighted by molar-refractivity contribution is 0.549. The second kappa shape index (κ2) is 8.10. The summed E-state index contributed by atoms with van der Waals surface area (Å²) in [6.45, 7) is 7.24. The first-order valence-corrected chi connectivity index (χ1v) is 8.29. The normalized spacial score (nSPS) is 11.0. The average molecular weight is 304 g/mol. The smallest absolute Gasteiger partial charge is 0.185 e. The summed E-state index contributed by atoms with van der Waals surface area (Å²) in [5.41, 5.74) is 2.25. The van der Waals surface area contributed by atoms with Crippen LogP contribution in [0.3, 0.4) is 0 Å². The molecule has 0 fully saturated rings. The number of anilines is 1. The maximum atomic E-state index is 4.68. The standard InChI is InChI=1S/C16H24N4S/c1-13(2)10-17-11-15-12-21-16(19-15)20(3)9-7-14-6-4-5-8-18-14/h4-6,8,12-13,17H,7,9-11H2,1-3H3. The Morgan fingerprint density at radius 1 is 1.29 bits per heavy atom. The van der Waals surface area contributed by atoms with Gasteiger partial charge in [0.2, 0.25) is 0 Å². The van der Waals surface area contributed by atoms with E-state index >= 15 is 0 Å². The summed E-state index contributed by atoms with van der Waals surface area (Å²) < 4.78 is 0. The Bertz CT molecular complexity index is 524. The van der Waals surface area contributed by atoms with Crippen molar-refractivity contribution in [2.75, 3.05) is 25.0 Å². The van der Waals surface area contributed by atoms with E-state index < -0.39 is 0 Å². The first-order valence-electron chi connectivity index (χ1n) is 7.41. The highest BCUT2D eigenvalue weighted by Crippen LogP contribution is 2.19. The zero-order valence-corrected chi connectivity index (χ0v) is 13.9. The van der Waals surface area contributed by atoms with Crippen LogP contribution in [-0.4, -0.2) is 30.1 Å². The molecule has 21 heavy (non-hydrogen) atoms. The van der Waals surface area contributed by atoms with E-state index in [0.29, 0.717) is 5.92 Å². The third kappa shape index (κ3) is 5.44. The van der Waals surface area contributed by atoms with Gasteiger partial charge in [-0.25, -0.2) is 4.98 Å². The van der Waals surface area contributed by atoms with Crippen molar-refractivity contribution in [3.8, 4) is 0 Å². The Labute approximate surface area is 131 Å². The van der Waals surface area contributed by atoms with Crippen LogP contribution in [0.4, 0.5) is 5.13 Å². The van der Waals surface area contributed by atoms with Gasteiger partial charge in [0.15, 0.2) is 5.13 Å². The zero-order valence-electron chi connectivity index (χ0n) is 13.0. The van der Waals surface area contributed by atoms with Gasteiger partial charge >= 0.3 is 0 Å². The summed E-state index contributed by atoms with van der Waals surface area (Å²) in [7, 11) is 2.09. The Hall–Kier alpha value is -1.46. The molecule has 2 aromatic heterocycles. The fourth-order valence-corrected chi connectivity index (χ4v) is 2.78. The van der Waals surface area contributed by atoms with E-state index in [1.165, 1.54) is 0 Å². The summed E-state index contributed by atoms with van der Waals surface area (Å²) in [6, 6.07) is 6.05. The fraction of sp³-hybridized carbons (Fsp3) is 0.500. The van der Waals surface area contributed by atoms with Crippen molar-refractivity contribution in [2.24, 2.45) is 5.92 Å². The minimum absolute atomic E-state index is 0.671. The lowest BCUT2D eigenvalue weighted by Gasteiger charge is -2.15. The largest absolute Gasteiger partial charge is 0.351 e. The van der Waals surface area contributed by atoms with Gasteiger partial charge in [-0.3, -0.25) is 4.98 Å². The number of hydrogen-bond donors (Lipinski definition) is 1. The van der Waals surface area contributed by atoms with E-state index in [4.69, 9.17) is 0 Å². The van der Waals surface area contributed by atoms with Crippen LogP contribution in [0, 0.1) is 5.92 Å². The monoisotopic (exact) mass is 304 g/mol. The number of nitrogens with zero attached hydrogens (tertiary/aromatic N) is 3. The molecule has 114 valence electrons. The van der Waals surface area contributed by atoms with Gasteiger partial charge in [0.1, 0.15) is 0 Å². The molecule has 2 heterocycles. The van der Waals surface area contributed by atoms with Gasteiger partial charge in [-0.15, -0.1) is 11.3 Å². The molecule has 4 nitrogen and oxygen atoms in total. The van der Waals surface area contributed by atoms with E-state index in [-0.39, 0.29) is 0 Å². The van der Waals surface area contributed by atoms with Gasteiger partial charge in [0.25, 0.3) is 0 Å². The average Bonchev–Trinajstić information content (AvgIpc) is 2.94. The van der Waals surface area contributed by atoms with Gasteiger partial charge < -0.3 is 10.2 Å². The molecule has 0 aliphatic heterocycles. The molecule has 0 aliphatic carbocycles. The third-order valence-electron chi connectivity index (χ3n) is 3.15. The van der Waals surface area contributed by atoms with Crippen LogP contribution in [0.15, 0.2) is 29.8 Å². The SMILES string of the molecule is CC(C)CNCc1csc(N(C)CCc2ccccn2)n1. The first-order chi connectivity index (χ1) is 10.1. The number of aromatic nitrogens is 2. The van der Waals surface area contributed by atoms with E-state index in [0.717, 1.165) is 42.6 Å². The molecule has 0 amide bonds. The van der Waals surface area contributed by atoms with Crippen LogP contribution in [0.2, 0.25) is 0 Å². The van der Waals surface area contributed by atoms with Gasteiger partial charge in [-0.2, -0.15) is 0 Å². The highest BCUT2D eigenvalue weighted by Gasteiger charge is 2.07. The molecule has 5 heteroatoms. The molecule has 0 radical (unpaired) electrons. The van der Waals surface area contributed by atoms with Gasteiger partial charge in [-0.05, 0) is 24.6 Å². The predicted octanol–water partition coefficient (Wildman–Crippen LogP) is 2.96. The number of thiazole rings is 1.